The molecule has 0 bridgehead atoms. The van der Waals surface area contributed by atoms with Gasteiger partial charge in [0, 0.05) is 26.0 Å². The highest BCUT2D eigenvalue weighted by Gasteiger charge is 2.11. The van der Waals surface area contributed by atoms with Gasteiger partial charge in [-0.15, -0.1) is 22.7 Å². The first-order valence-corrected chi connectivity index (χ1v) is 6.75. The molecule has 0 saturated carbocycles. The second-order valence-electron chi connectivity index (χ2n) is 2.97. The fourth-order valence-corrected chi connectivity index (χ4v) is 3.40. The molecule has 0 aliphatic heterocycles. The molecule has 14 heavy (non-hydrogen) atoms. The summed E-state index contributed by atoms with van der Waals surface area (Å²) in [6.07, 6.45) is 0.342. The predicted octanol–water partition coefficient (Wildman–Crippen LogP) is 3.85. The molecule has 0 aromatic carbocycles. The summed E-state index contributed by atoms with van der Waals surface area (Å²) in [6.45, 7) is 0. The zero-order valence-electron chi connectivity index (χ0n) is 7.31. The van der Waals surface area contributed by atoms with Gasteiger partial charge in [0.2, 0.25) is 0 Å². The van der Waals surface area contributed by atoms with Gasteiger partial charge in [0.25, 0.3) is 0 Å². The second-order valence-corrected chi connectivity index (χ2v) is 5.86. The van der Waals surface area contributed by atoms with Gasteiger partial charge in [-0.3, -0.25) is 0 Å². The van der Waals surface area contributed by atoms with Gasteiger partial charge in [0.1, 0.15) is 0 Å². The Bertz CT molecular complexity index is 394. The summed E-state index contributed by atoms with van der Waals surface area (Å²) < 4.78 is 1.04. The number of rotatable bonds is 3. The number of hydrogen-bond donors (Lipinski definition) is 1. The third kappa shape index (κ3) is 2.45. The number of thiophene rings is 2. The fraction of sp³-hybridized carbons (Fsp3) is 0.200. The molecule has 0 amide bonds. The van der Waals surface area contributed by atoms with Gasteiger partial charge in [0.15, 0.2) is 0 Å². The molecule has 0 aliphatic carbocycles. The van der Waals surface area contributed by atoms with Crippen molar-refractivity contribution in [1.82, 2.24) is 0 Å². The largest absolute Gasteiger partial charge is 0.387 e. The van der Waals surface area contributed by atoms with Crippen LogP contribution in [0.4, 0.5) is 0 Å². The first-order chi connectivity index (χ1) is 6.75. The molecule has 1 unspecified atom stereocenters. The zero-order valence-corrected chi connectivity index (χ0v) is 10.5. The first-order valence-electron chi connectivity index (χ1n) is 4.20. The van der Waals surface area contributed by atoms with E-state index < -0.39 is 0 Å². The molecule has 1 atom stereocenters. The van der Waals surface area contributed by atoms with Crippen LogP contribution in [0, 0.1) is 0 Å². The third-order valence-corrected chi connectivity index (χ3v) is 4.58. The lowest BCUT2D eigenvalue weighted by atomic mass is 10.2. The molecule has 1 N–H and O–H groups in total. The van der Waals surface area contributed by atoms with E-state index in [2.05, 4.69) is 22.0 Å². The fourth-order valence-electron chi connectivity index (χ4n) is 1.22. The van der Waals surface area contributed by atoms with Crippen LogP contribution in [0.2, 0.25) is 0 Å². The minimum Gasteiger partial charge on any atom is -0.387 e. The minimum absolute atomic E-state index is 0.370. The van der Waals surface area contributed by atoms with Crippen LogP contribution in [-0.2, 0) is 6.42 Å². The topological polar surface area (TPSA) is 20.2 Å². The van der Waals surface area contributed by atoms with Crippen molar-refractivity contribution in [3.8, 4) is 0 Å². The maximum Gasteiger partial charge on any atom is 0.0930 e. The standard InChI is InChI=1S/C10H9BrOS2/c11-7-4-10(14-6-7)9(12)5-8-2-1-3-13-8/h1-4,6,9,12H,5H2. The SMILES string of the molecule is OC(Cc1cccs1)c1cc(Br)cs1. The van der Waals surface area contributed by atoms with Crippen molar-refractivity contribution < 1.29 is 5.11 Å². The Morgan fingerprint density at radius 1 is 1.43 bits per heavy atom. The smallest absolute Gasteiger partial charge is 0.0930 e. The number of aliphatic hydroxyl groups excluding tert-OH is 1. The average molecular weight is 289 g/mol. The Hall–Kier alpha value is -0.160. The van der Waals surface area contributed by atoms with Crippen LogP contribution in [0.25, 0.3) is 0 Å². The number of halogens is 1. The molecule has 0 saturated heterocycles. The molecule has 0 spiro atoms. The van der Waals surface area contributed by atoms with E-state index in [-0.39, 0.29) is 6.10 Å². The first kappa shape index (κ1) is 10.4. The summed E-state index contributed by atoms with van der Waals surface area (Å²) in [7, 11) is 0. The Labute approximate surface area is 99.2 Å². The molecule has 0 fully saturated rings. The van der Waals surface area contributed by atoms with E-state index in [1.807, 2.05) is 22.9 Å². The van der Waals surface area contributed by atoms with Crippen LogP contribution in [0.3, 0.4) is 0 Å². The summed E-state index contributed by atoms with van der Waals surface area (Å²) in [4.78, 5) is 2.24. The second kappa shape index (κ2) is 4.57. The maximum absolute atomic E-state index is 9.90. The Morgan fingerprint density at radius 2 is 2.29 bits per heavy atom. The molecule has 74 valence electrons. The van der Waals surface area contributed by atoms with Crippen molar-refractivity contribution in [3.63, 3.8) is 0 Å². The van der Waals surface area contributed by atoms with E-state index in [1.54, 1.807) is 22.7 Å². The summed E-state index contributed by atoms with van der Waals surface area (Å²) in [5.41, 5.74) is 0. The van der Waals surface area contributed by atoms with Gasteiger partial charge in [0.05, 0.1) is 6.10 Å². The summed E-state index contributed by atoms with van der Waals surface area (Å²) in [5.74, 6) is 0. The summed E-state index contributed by atoms with van der Waals surface area (Å²) in [5, 5.41) is 13.9. The molecular formula is C10H9BrOS2. The van der Waals surface area contributed by atoms with Crippen LogP contribution in [0.15, 0.2) is 33.4 Å². The van der Waals surface area contributed by atoms with Gasteiger partial charge >= 0.3 is 0 Å². The third-order valence-electron chi connectivity index (χ3n) is 1.89. The molecule has 2 aromatic rings. The lowest BCUT2D eigenvalue weighted by Gasteiger charge is -2.05. The zero-order chi connectivity index (χ0) is 9.97. The van der Waals surface area contributed by atoms with Gasteiger partial charge in [-0.2, -0.15) is 0 Å². The van der Waals surface area contributed by atoms with E-state index in [9.17, 15) is 5.11 Å². The quantitative estimate of drug-likeness (QED) is 0.910. The highest BCUT2D eigenvalue weighted by atomic mass is 79.9. The lowest BCUT2D eigenvalue weighted by Crippen LogP contribution is -1.97. The highest BCUT2D eigenvalue weighted by molar-refractivity contribution is 9.10. The van der Waals surface area contributed by atoms with Crippen molar-refractivity contribution >= 4 is 38.6 Å². The number of hydrogen-bond acceptors (Lipinski definition) is 3. The van der Waals surface area contributed by atoms with Crippen molar-refractivity contribution in [2.45, 2.75) is 12.5 Å². The van der Waals surface area contributed by atoms with Crippen molar-refractivity contribution in [2.24, 2.45) is 0 Å². The molecule has 2 heterocycles. The predicted molar refractivity (Wildman–Crippen MR) is 65.0 cm³/mol. The lowest BCUT2D eigenvalue weighted by molar-refractivity contribution is 0.183. The summed E-state index contributed by atoms with van der Waals surface area (Å²) in [6, 6.07) is 6.04. The van der Waals surface area contributed by atoms with E-state index in [1.165, 1.54) is 4.88 Å². The van der Waals surface area contributed by atoms with Gasteiger partial charge in [-0.25, -0.2) is 0 Å². The van der Waals surface area contributed by atoms with E-state index in [4.69, 9.17) is 0 Å². The van der Waals surface area contributed by atoms with Crippen molar-refractivity contribution in [1.29, 1.82) is 0 Å². The maximum atomic E-state index is 9.90. The number of aliphatic hydroxyl groups is 1. The Balaban J connectivity index is 2.06. The Morgan fingerprint density at radius 3 is 2.86 bits per heavy atom. The highest BCUT2D eigenvalue weighted by Crippen LogP contribution is 2.28. The van der Waals surface area contributed by atoms with Crippen LogP contribution in [0.1, 0.15) is 15.9 Å². The van der Waals surface area contributed by atoms with Crippen LogP contribution in [-0.4, -0.2) is 5.11 Å². The normalized spacial score (nSPS) is 13.0. The molecular weight excluding hydrogens is 280 g/mol. The van der Waals surface area contributed by atoms with Crippen LogP contribution < -0.4 is 0 Å². The summed E-state index contributed by atoms with van der Waals surface area (Å²) >= 11 is 6.65. The Kier molecular flexibility index (Phi) is 3.38. The molecule has 0 radical (unpaired) electrons. The monoisotopic (exact) mass is 288 g/mol. The van der Waals surface area contributed by atoms with E-state index in [0.717, 1.165) is 9.35 Å². The molecule has 2 aromatic heterocycles. The van der Waals surface area contributed by atoms with Crippen molar-refractivity contribution in [2.75, 3.05) is 0 Å². The van der Waals surface area contributed by atoms with Gasteiger partial charge in [-0.1, -0.05) is 6.07 Å². The van der Waals surface area contributed by atoms with Gasteiger partial charge in [-0.05, 0) is 33.4 Å². The van der Waals surface area contributed by atoms with E-state index in [0.29, 0.717) is 6.42 Å². The molecule has 0 aliphatic rings. The molecule has 1 nitrogen and oxygen atoms in total. The average Bonchev–Trinajstić information content (AvgIpc) is 2.75. The van der Waals surface area contributed by atoms with Crippen LogP contribution >= 0.6 is 38.6 Å². The van der Waals surface area contributed by atoms with Crippen LogP contribution in [0.5, 0.6) is 0 Å². The molecule has 2 rings (SSSR count). The minimum atomic E-state index is -0.370. The van der Waals surface area contributed by atoms with Crippen molar-refractivity contribution in [3.05, 3.63) is 43.2 Å². The van der Waals surface area contributed by atoms with E-state index >= 15 is 0 Å². The van der Waals surface area contributed by atoms with Gasteiger partial charge < -0.3 is 5.11 Å². The molecule has 4 heteroatoms.